The number of aliphatic hydroxyl groups excluding tert-OH is 1. The highest BCUT2D eigenvalue weighted by Gasteiger charge is 2.27. The number of anilines is 1. The number of nitrogens with one attached hydrogen (secondary N) is 2. The number of hydrogen-bond donors (Lipinski definition) is 2. The van der Waals surface area contributed by atoms with Crippen molar-refractivity contribution in [2.24, 2.45) is 0 Å². The van der Waals surface area contributed by atoms with Crippen molar-refractivity contribution in [2.45, 2.75) is 12.5 Å². The third-order valence-electron chi connectivity index (χ3n) is 5.07. The molecule has 0 amide bonds. The zero-order chi connectivity index (χ0) is 19.8. The van der Waals surface area contributed by atoms with Crippen LogP contribution >= 0.6 is 0 Å². The van der Waals surface area contributed by atoms with Gasteiger partial charge in [-0.2, -0.15) is 0 Å². The lowest BCUT2D eigenvalue weighted by molar-refractivity contribution is -0.903. The van der Waals surface area contributed by atoms with Crippen molar-refractivity contribution >= 4 is 5.82 Å². The van der Waals surface area contributed by atoms with Gasteiger partial charge in [0, 0.05) is 6.07 Å². The van der Waals surface area contributed by atoms with Gasteiger partial charge in [0.15, 0.2) is 11.5 Å². The van der Waals surface area contributed by atoms with Crippen LogP contribution in [-0.4, -0.2) is 57.7 Å². The molecule has 0 bridgehead atoms. The van der Waals surface area contributed by atoms with E-state index in [1.54, 1.807) is 7.11 Å². The van der Waals surface area contributed by atoms with Gasteiger partial charge in [0.25, 0.3) is 5.82 Å². The summed E-state index contributed by atoms with van der Waals surface area (Å²) in [4.78, 5) is 7.03. The molecule has 0 radical (unpaired) electrons. The van der Waals surface area contributed by atoms with Crippen molar-refractivity contribution in [3.63, 3.8) is 0 Å². The molecular formula is C22H31N3O3+2. The van der Waals surface area contributed by atoms with Crippen molar-refractivity contribution in [3.8, 4) is 11.5 Å². The number of nitrogens with zero attached hydrogens (tertiary/aromatic N) is 1. The average molecular weight is 386 g/mol. The molecule has 2 aromatic rings. The molecule has 3 rings (SSSR count). The van der Waals surface area contributed by atoms with Gasteiger partial charge in [0.05, 0.1) is 13.3 Å². The minimum Gasteiger partial charge on any atom is -0.493 e. The van der Waals surface area contributed by atoms with Gasteiger partial charge in [-0.15, -0.1) is 6.58 Å². The van der Waals surface area contributed by atoms with Gasteiger partial charge in [-0.05, 0) is 30.2 Å². The highest BCUT2D eigenvalue weighted by molar-refractivity contribution is 5.43. The molecule has 0 unspecified atom stereocenters. The van der Waals surface area contributed by atoms with Crippen molar-refractivity contribution in [3.05, 3.63) is 60.8 Å². The van der Waals surface area contributed by atoms with Gasteiger partial charge in [-0.3, -0.25) is 4.90 Å². The Labute approximate surface area is 167 Å². The van der Waals surface area contributed by atoms with Crippen LogP contribution in [0.25, 0.3) is 0 Å². The summed E-state index contributed by atoms with van der Waals surface area (Å²) in [5.41, 5.74) is 1.12. The number of hydrogen-bond acceptors (Lipinski definition) is 4. The molecule has 1 aliphatic heterocycles. The van der Waals surface area contributed by atoms with Crippen molar-refractivity contribution in [2.75, 3.05) is 51.3 Å². The quantitative estimate of drug-likeness (QED) is 0.613. The van der Waals surface area contributed by atoms with Crippen LogP contribution in [0.1, 0.15) is 5.56 Å². The summed E-state index contributed by atoms with van der Waals surface area (Å²) < 4.78 is 11.2. The summed E-state index contributed by atoms with van der Waals surface area (Å²) >= 11 is 0. The van der Waals surface area contributed by atoms with Crippen LogP contribution < -0.4 is 24.3 Å². The lowest BCUT2D eigenvalue weighted by Crippen LogP contribution is -3.16. The van der Waals surface area contributed by atoms with Crippen LogP contribution in [0, 0.1) is 0 Å². The van der Waals surface area contributed by atoms with E-state index in [1.165, 1.54) is 4.90 Å². The minimum absolute atomic E-state index is 0.261. The molecule has 6 nitrogen and oxygen atoms in total. The molecule has 1 aliphatic rings. The van der Waals surface area contributed by atoms with E-state index >= 15 is 0 Å². The maximum absolute atomic E-state index is 10.4. The van der Waals surface area contributed by atoms with Crippen LogP contribution in [0.4, 0.5) is 5.82 Å². The topological polar surface area (TPSA) is 60.5 Å². The van der Waals surface area contributed by atoms with Gasteiger partial charge in [-0.1, -0.05) is 18.2 Å². The first-order valence-electron chi connectivity index (χ1n) is 9.83. The number of aromatic amines is 1. The number of pyridine rings is 1. The number of quaternary nitrogens is 1. The summed E-state index contributed by atoms with van der Waals surface area (Å²) in [6.07, 6.45) is 4.09. The second-order valence-corrected chi connectivity index (χ2v) is 7.13. The molecule has 150 valence electrons. The fourth-order valence-electron chi connectivity index (χ4n) is 3.55. The molecule has 1 atom stereocenters. The zero-order valence-electron chi connectivity index (χ0n) is 16.6. The van der Waals surface area contributed by atoms with Crippen LogP contribution in [0.2, 0.25) is 0 Å². The van der Waals surface area contributed by atoms with E-state index in [-0.39, 0.29) is 6.61 Å². The first-order chi connectivity index (χ1) is 13.7. The fraction of sp³-hybridized carbons (Fsp3) is 0.409. The number of H-pyrrole nitrogens is 1. The van der Waals surface area contributed by atoms with E-state index in [0.29, 0.717) is 18.0 Å². The minimum atomic E-state index is -0.512. The Morgan fingerprint density at radius 2 is 2.07 bits per heavy atom. The highest BCUT2D eigenvalue weighted by Crippen LogP contribution is 2.28. The molecule has 1 aromatic carbocycles. The number of methoxy groups -OCH3 is 1. The van der Waals surface area contributed by atoms with E-state index in [1.807, 2.05) is 42.6 Å². The van der Waals surface area contributed by atoms with E-state index in [4.69, 9.17) is 9.47 Å². The van der Waals surface area contributed by atoms with Crippen LogP contribution in [-0.2, 0) is 6.42 Å². The molecule has 3 N–H and O–H groups in total. The molecule has 0 aliphatic carbocycles. The molecule has 6 heteroatoms. The van der Waals surface area contributed by atoms with Crippen LogP contribution in [0.3, 0.4) is 0 Å². The Kier molecular flexibility index (Phi) is 7.28. The Bertz CT molecular complexity index is 746. The lowest BCUT2D eigenvalue weighted by Gasteiger charge is -2.29. The van der Waals surface area contributed by atoms with E-state index < -0.39 is 6.10 Å². The monoisotopic (exact) mass is 385 g/mol. The van der Waals surface area contributed by atoms with E-state index in [2.05, 4.69) is 22.5 Å². The number of ether oxygens (including phenoxy) is 2. The standard InChI is InChI=1S/C22H29N3O3/c1-3-6-18-8-9-20(21(15-18)27-2)28-17-19(26)16-24-11-13-25(14-12-24)22-7-4-5-10-23-22/h3-5,7-10,15,19,26H,1,6,11-14,16-17H2,2H3/p+2/t19-/m0/s1. The predicted molar refractivity (Wildman–Crippen MR) is 109 cm³/mol. The highest BCUT2D eigenvalue weighted by atomic mass is 16.5. The summed E-state index contributed by atoms with van der Waals surface area (Å²) in [5.74, 6) is 2.50. The molecule has 1 fully saturated rings. The van der Waals surface area contributed by atoms with E-state index in [0.717, 1.165) is 44.0 Å². The van der Waals surface area contributed by atoms with E-state index in [9.17, 15) is 5.11 Å². The van der Waals surface area contributed by atoms with Gasteiger partial charge >= 0.3 is 0 Å². The number of piperazine rings is 1. The molecule has 2 heterocycles. The number of rotatable bonds is 9. The molecular weight excluding hydrogens is 354 g/mol. The summed E-state index contributed by atoms with van der Waals surface area (Å²) in [5, 5.41) is 10.4. The third-order valence-corrected chi connectivity index (χ3v) is 5.07. The van der Waals surface area contributed by atoms with Gasteiger partial charge in [0.2, 0.25) is 0 Å². The predicted octanol–water partition coefficient (Wildman–Crippen LogP) is 0.383. The second-order valence-electron chi connectivity index (χ2n) is 7.13. The number of aromatic nitrogens is 1. The number of aliphatic hydroxyl groups is 1. The lowest BCUT2D eigenvalue weighted by atomic mass is 10.1. The summed E-state index contributed by atoms with van der Waals surface area (Å²) in [6, 6.07) is 12.0. The average Bonchev–Trinajstić information content (AvgIpc) is 2.74. The third kappa shape index (κ3) is 5.47. The SMILES string of the molecule is C=CCc1ccc(OC[C@@H](O)C[NH+]2CCN(c3cccc[nH+]3)CC2)c(OC)c1. The van der Waals surface area contributed by atoms with Crippen molar-refractivity contribution in [1.82, 2.24) is 0 Å². The maximum atomic E-state index is 10.4. The van der Waals surface area contributed by atoms with Crippen molar-refractivity contribution in [1.29, 1.82) is 0 Å². The molecule has 0 saturated carbocycles. The Morgan fingerprint density at radius 3 is 2.75 bits per heavy atom. The Balaban J connectivity index is 1.45. The summed E-state index contributed by atoms with van der Waals surface area (Å²) in [6.45, 7) is 8.65. The maximum Gasteiger partial charge on any atom is 0.274 e. The van der Waals surface area contributed by atoms with Crippen molar-refractivity contribution < 1.29 is 24.5 Å². The smallest absolute Gasteiger partial charge is 0.274 e. The van der Waals surface area contributed by atoms with Gasteiger partial charge in [-0.25, -0.2) is 4.98 Å². The molecule has 1 saturated heterocycles. The largest absolute Gasteiger partial charge is 0.493 e. The molecule has 0 spiro atoms. The summed E-state index contributed by atoms with van der Waals surface area (Å²) in [7, 11) is 1.63. The van der Waals surface area contributed by atoms with Gasteiger partial charge < -0.3 is 19.5 Å². The van der Waals surface area contributed by atoms with Gasteiger partial charge in [0.1, 0.15) is 45.4 Å². The Hall–Kier alpha value is -2.57. The Morgan fingerprint density at radius 1 is 1.25 bits per heavy atom. The van der Waals surface area contributed by atoms with Crippen LogP contribution in [0.15, 0.2) is 55.3 Å². The zero-order valence-corrected chi connectivity index (χ0v) is 16.6. The normalized spacial score (nSPS) is 15.9. The molecule has 28 heavy (non-hydrogen) atoms. The van der Waals surface area contributed by atoms with Crippen LogP contribution in [0.5, 0.6) is 11.5 Å². The number of benzene rings is 1. The first kappa shape index (κ1) is 20.2. The second kappa shape index (κ2) is 10.1. The molecule has 1 aromatic heterocycles. The first-order valence-corrected chi connectivity index (χ1v) is 9.83. The number of allylic oxidation sites excluding steroid dienone is 1. The fourth-order valence-corrected chi connectivity index (χ4v) is 3.55.